The molecule has 1 saturated heterocycles. The highest BCUT2D eigenvalue weighted by Crippen LogP contribution is 2.40. The number of hydrogen-bond donors (Lipinski definition) is 0. The minimum atomic E-state index is 0.651. The largest absolute Gasteiger partial charge is 0.378 e. The van der Waals surface area contributed by atoms with Crippen molar-refractivity contribution >= 4 is 17.4 Å². The Labute approximate surface area is 100 Å². The van der Waals surface area contributed by atoms with E-state index in [1.165, 1.54) is 12.8 Å². The molecule has 1 aliphatic carbocycles. The monoisotopic (exact) mass is 238 g/mol. The Morgan fingerprint density at radius 1 is 1.25 bits per heavy atom. The first-order chi connectivity index (χ1) is 7.83. The number of hydrogen-bond acceptors (Lipinski definition) is 3. The van der Waals surface area contributed by atoms with Gasteiger partial charge in [-0.05, 0) is 25.0 Å². The van der Waals surface area contributed by atoms with Crippen LogP contribution in [0.25, 0.3) is 0 Å². The van der Waals surface area contributed by atoms with Crippen molar-refractivity contribution in [2.24, 2.45) is 0 Å². The molecular formula is C12H15ClN2O. The first-order valence-electron chi connectivity index (χ1n) is 5.83. The van der Waals surface area contributed by atoms with E-state index in [2.05, 4.69) is 4.90 Å². The lowest BCUT2D eigenvalue weighted by atomic mass is 10.2. The standard InChI is InChI=1S/C12H15ClN2O/c13-10-7-11(9-1-2-9)14-12(8-10)15-3-5-16-6-4-15/h7-9H,1-6H2. The summed E-state index contributed by atoms with van der Waals surface area (Å²) in [6.45, 7) is 3.40. The SMILES string of the molecule is Clc1cc(C2CC2)nc(N2CCOCC2)c1. The quantitative estimate of drug-likeness (QED) is 0.792. The van der Waals surface area contributed by atoms with Gasteiger partial charge in [-0.1, -0.05) is 11.6 Å². The number of nitrogens with zero attached hydrogens (tertiary/aromatic N) is 2. The third kappa shape index (κ3) is 2.15. The van der Waals surface area contributed by atoms with Crippen molar-refractivity contribution in [1.29, 1.82) is 0 Å². The van der Waals surface area contributed by atoms with Gasteiger partial charge in [-0.3, -0.25) is 0 Å². The van der Waals surface area contributed by atoms with Gasteiger partial charge in [0.15, 0.2) is 0 Å². The van der Waals surface area contributed by atoms with E-state index in [9.17, 15) is 0 Å². The fourth-order valence-corrected chi connectivity index (χ4v) is 2.26. The second-order valence-corrected chi connectivity index (χ2v) is 4.88. The molecule has 0 aromatic carbocycles. The van der Waals surface area contributed by atoms with Gasteiger partial charge in [0.2, 0.25) is 0 Å². The average molecular weight is 239 g/mol. The molecule has 1 saturated carbocycles. The lowest BCUT2D eigenvalue weighted by Gasteiger charge is -2.28. The predicted molar refractivity (Wildman–Crippen MR) is 64.3 cm³/mol. The van der Waals surface area contributed by atoms with Crippen molar-refractivity contribution in [2.45, 2.75) is 18.8 Å². The van der Waals surface area contributed by atoms with Crippen LogP contribution in [0.15, 0.2) is 12.1 Å². The van der Waals surface area contributed by atoms with Crippen LogP contribution in [0.5, 0.6) is 0 Å². The Morgan fingerprint density at radius 2 is 2.00 bits per heavy atom. The Bertz CT molecular complexity index is 387. The molecule has 3 rings (SSSR count). The zero-order chi connectivity index (χ0) is 11.0. The van der Waals surface area contributed by atoms with Gasteiger partial charge in [0, 0.05) is 29.7 Å². The van der Waals surface area contributed by atoms with E-state index in [1.807, 2.05) is 12.1 Å². The Kier molecular flexibility index (Phi) is 2.74. The van der Waals surface area contributed by atoms with Crippen molar-refractivity contribution in [3.63, 3.8) is 0 Å². The van der Waals surface area contributed by atoms with Gasteiger partial charge in [0.05, 0.1) is 13.2 Å². The first kappa shape index (κ1) is 10.4. The highest BCUT2D eigenvalue weighted by atomic mass is 35.5. The first-order valence-corrected chi connectivity index (χ1v) is 6.21. The zero-order valence-electron chi connectivity index (χ0n) is 9.16. The Hall–Kier alpha value is -0.800. The van der Waals surface area contributed by atoms with E-state index in [0.29, 0.717) is 5.92 Å². The number of rotatable bonds is 2. The summed E-state index contributed by atoms with van der Waals surface area (Å²) in [5.41, 5.74) is 1.16. The van der Waals surface area contributed by atoms with Gasteiger partial charge in [-0.25, -0.2) is 4.98 Å². The summed E-state index contributed by atoms with van der Waals surface area (Å²) >= 11 is 6.14. The zero-order valence-corrected chi connectivity index (χ0v) is 9.91. The van der Waals surface area contributed by atoms with E-state index >= 15 is 0 Å². The third-order valence-corrected chi connectivity index (χ3v) is 3.35. The van der Waals surface area contributed by atoms with E-state index in [0.717, 1.165) is 42.8 Å². The van der Waals surface area contributed by atoms with Crippen LogP contribution < -0.4 is 4.90 Å². The van der Waals surface area contributed by atoms with Crippen LogP contribution in [-0.4, -0.2) is 31.3 Å². The van der Waals surface area contributed by atoms with Crippen molar-refractivity contribution in [1.82, 2.24) is 4.98 Å². The normalized spacial score (nSPS) is 21.2. The van der Waals surface area contributed by atoms with Crippen LogP contribution in [0, 0.1) is 0 Å². The van der Waals surface area contributed by atoms with Crippen LogP contribution >= 0.6 is 11.6 Å². The number of ether oxygens (including phenoxy) is 1. The van der Waals surface area contributed by atoms with Crippen LogP contribution in [0.3, 0.4) is 0 Å². The lowest BCUT2D eigenvalue weighted by Crippen LogP contribution is -2.36. The fraction of sp³-hybridized carbons (Fsp3) is 0.583. The molecule has 2 fully saturated rings. The molecule has 0 radical (unpaired) electrons. The number of pyridine rings is 1. The predicted octanol–water partition coefficient (Wildman–Crippen LogP) is 2.45. The van der Waals surface area contributed by atoms with E-state index in [-0.39, 0.29) is 0 Å². The summed E-state index contributed by atoms with van der Waals surface area (Å²) in [6.07, 6.45) is 2.52. The van der Waals surface area contributed by atoms with Gasteiger partial charge in [-0.15, -0.1) is 0 Å². The molecule has 0 spiro atoms. The van der Waals surface area contributed by atoms with E-state index in [1.54, 1.807) is 0 Å². The average Bonchev–Trinajstić information content (AvgIpc) is 3.13. The van der Waals surface area contributed by atoms with Crippen molar-refractivity contribution in [3.8, 4) is 0 Å². The Balaban J connectivity index is 1.86. The van der Waals surface area contributed by atoms with Crippen molar-refractivity contribution in [3.05, 3.63) is 22.8 Å². The molecule has 16 heavy (non-hydrogen) atoms. The van der Waals surface area contributed by atoms with Crippen LogP contribution in [0.2, 0.25) is 5.02 Å². The maximum absolute atomic E-state index is 6.14. The van der Waals surface area contributed by atoms with E-state index in [4.69, 9.17) is 21.3 Å². The van der Waals surface area contributed by atoms with Gasteiger partial charge < -0.3 is 9.64 Å². The van der Waals surface area contributed by atoms with Crippen LogP contribution in [-0.2, 0) is 4.74 Å². The van der Waals surface area contributed by atoms with Gasteiger partial charge in [0.1, 0.15) is 5.82 Å². The molecule has 0 bridgehead atoms. The molecule has 4 heteroatoms. The molecule has 2 aliphatic rings. The summed E-state index contributed by atoms with van der Waals surface area (Å²) in [4.78, 5) is 6.96. The maximum Gasteiger partial charge on any atom is 0.130 e. The number of aromatic nitrogens is 1. The Morgan fingerprint density at radius 3 is 2.69 bits per heavy atom. The summed E-state index contributed by atoms with van der Waals surface area (Å²) in [5.74, 6) is 1.66. The number of anilines is 1. The third-order valence-electron chi connectivity index (χ3n) is 3.13. The molecule has 86 valence electrons. The summed E-state index contributed by atoms with van der Waals surface area (Å²) in [5, 5.41) is 0.804. The van der Waals surface area contributed by atoms with E-state index < -0.39 is 0 Å². The number of halogens is 1. The maximum atomic E-state index is 6.14. The minimum absolute atomic E-state index is 0.651. The van der Waals surface area contributed by atoms with Crippen molar-refractivity contribution in [2.75, 3.05) is 31.2 Å². The topological polar surface area (TPSA) is 25.4 Å². The fourth-order valence-electron chi connectivity index (χ4n) is 2.05. The molecule has 0 atom stereocenters. The molecule has 3 nitrogen and oxygen atoms in total. The molecule has 0 amide bonds. The summed E-state index contributed by atoms with van der Waals surface area (Å²) in [7, 11) is 0. The van der Waals surface area contributed by atoms with Crippen molar-refractivity contribution < 1.29 is 4.74 Å². The molecular weight excluding hydrogens is 224 g/mol. The second kappa shape index (κ2) is 4.22. The van der Waals surface area contributed by atoms with Gasteiger partial charge in [0.25, 0.3) is 0 Å². The highest BCUT2D eigenvalue weighted by Gasteiger charge is 2.26. The van der Waals surface area contributed by atoms with Crippen LogP contribution in [0.1, 0.15) is 24.5 Å². The van der Waals surface area contributed by atoms with Gasteiger partial charge >= 0.3 is 0 Å². The lowest BCUT2D eigenvalue weighted by molar-refractivity contribution is 0.122. The summed E-state index contributed by atoms with van der Waals surface area (Å²) < 4.78 is 5.34. The van der Waals surface area contributed by atoms with Gasteiger partial charge in [-0.2, -0.15) is 0 Å². The summed E-state index contributed by atoms with van der Waals surface area (Å²) in [6, 6.07) is 3.96. The molecule has 2 heterocycles. The molecule has 1 aromatic heterocycles. The van der Waals surface area contributed by atoms with Crippen LogP contribution in [0.4, 0.5) is 5.82 Å². The molecule has 0 unspecified atom stereocenters. The number of morpholine rings is 1. The molecule has 1 aliphatic heterocycles. The smallest absolute Gasteiger partial charge is 0.130 e. The second-order valence-electron chi connectivity index (χ2n) is 4.44. The molecule has 0 N–H and O–H groups in total. The minimum Gasteiger partial charge on any atom is -0.378 e. The molecule has 1 aromatic rings. The highest BCUT2D eigenvalue weighted by molar-refractivity contribution is 6.30.